The van der Waals surface area contributed by atoms with Gasteiger partial charge in [-0.3, -0.25) is 0 Å². The van der Waals surface area contributed by atoms with Gasteiger partial charge in [-0.05, 0) is 38.1 Å². The number of benzene rings is 1. The van der Waals surface area contributed by atoms with Crippen LogP contribution in [0, 0.1) is 0 Å². The monoisotopic (exact) mass is 390 g/mol. The Morgan fingerprint density at radius 1 is 0.929 bits per heavy atom. The first-order valence-corrected chi connectivity index (χ1v) is 9.39. The number of ether oxygens (including phenoxy) is 3. The van der Waals surface area contributed by atoms with Crippen molar-refractivity contribution in [3.05, 3.63) is 24.3 Å². The van der Waals surface area contributed by atoms with Gasteiger partial charge in [-0.25, -0.2) is 0 Å². The van der Waals surface area contributed by atoms with Crippen molar-refractivity contribution in [3.8, 4) is 17.1 Å². The minimum absolute atomic E-state index is 0.204. The molecule has 0 radical (unpaired) electrons. The molecule has 28 heavy (non-hydrogen) atoms. The molecule has 0 saturated heterocycles. The lowest BCUT2D eigenvalue weighted by Gasteiger charge is -2.12. The fourth-order valence-corrected chi connectivity index (χ4v) is 2.29. The maximum atomic E-state index is 5.51. The molecule has 0 aliphatic carbocycles. The van der Waals surface area contributed by atoms with Crippen molar-refractivity contribution < 1.29 is 14.2 Å². The third-order valence-electron chi connectivity index (χ3n) is 3.57. The minimum atomic E-state index is 0.204. The molecule has 1 heterocycles. The van der Waals surface area contributed by atoms with Crippen LogP contribution in [-0.2, 0) is 9.47 Å². The molecular weight excluding hydrogens is 360 g/mol. The second kappa shape index (κ2) is 12.1. The molecule has 0 amide bonds. The minimum Gasteiger partial charge on any atom is -0.497 e. The van der Waals surface area contributed by atoms with Gasteiger partial charge in [-0.2, -0.15) is 15.0 Å². The lowest BCUT2D eigenvalue weighted by atomic mass is 10.2. The van der Waals surface area contributed by atoms with Crippen LogP contribution in [0.15, 0.2) is 24.3 Å². The van der Waals surface area contributed by atoms with E-state index in [-0.39, 0.29) is 6.04 Å². The van der Waals surface area contributed by atoms with Crippen LogP contribution in [0.3, 0.4) is 0 Å². The number of hydrogen-bond donors (Lipinski definition) is 3. The summed E-state index contributed by atoms with van der Waals surface area (Å²) in [4.78, 5) is 13.5. The Morgan fingerprint density at radius 2 is 1.61 bits per heavy atom. The van der Waals surface area contributed by atoms with Gasteiger partial charge in [0, 0.05) is 24.7 Å². The average Bonchev–Trinajstić information content (AvgIpc) is 2.69. The van der Waals surface area contributed by atoms with Gasteiger partial charge in [-0.15, -0.1) is 0 Å². The van der Waals surface area contributed by atoms with Crippen molar-refractivity contribution in [3.63, 3.8) is 0 Å². The molecule has 1 aromatic carbocycles. The molecule has 0 spiro atoms. The van der Waals surface area contributed by atoms with Crippen LogP contribution in [-0.4, -0.2) is 67.6 Å². The van der Waals surface area contributed by atoms with E-state index in [1.165, 1.54) is 0 Å². The summed E-state index contributed by atoms with van der Waals surface area (Å²) in [6, 6.07) is 7.80. The summed E-state index contributed by atoms with van der Waals surface area (Å²) in [6.45, 7) is 7.28. The number of aromatic nitrogens is 3. The molecule has 154 valence electrons. The van der Waals surface area contributed by atoms with Gasteiger partial charge in [0.25, 0.3) is 0 Å². The quantitative estimate of drug-likeness (QED) is 0.440. The van der Waals surface area contributed by atoms with E-state index in [2.05, 4.69) is 25.6 Å². The topological polar surface area (TPSA) is 116 Å². The molecular formula is C19H30N6O3. The van der Waals surface area contributed by atoms with E-state index in [0.717, 1.165) is 11.3 Å². The van der Waals surface area contributed by atoms with Crippen LogP contribution < -0.4 is 21.1 Å². The molecule has 0 fully saturated rings. The van der Waals surface area contributed by atoms with Gasteiger partial charge in [0.05, 0.1) is 33.5 Å². The highest BCUT2D eigenvalue weighted by Gasteiger charge is 2.09. The third kappa shape index (κ3) is 7.63. The molecule has 9 nitrogen and oxygen atoms in total. The lowest BCUT2D eigenvalue weighted by molar-refractivity contribution is 0.0547. The Labute approximate surface area is 166 Å². The Bertz CT molecular complexity index is 697. The molecule has 0 bridgehead atoms. The van der Waals surface area contributed by atoms with Crippen LogP contribution in [0.2, 0.25) is 0 Å². The van der Waals surface area contributed by atoms with Gasteiger partial charge in [0.1, 0.15) is 5.75 Å². The maximum absolute atomic E-state index is 5.51. The number of rotatable bonds is 13. The first-order chi connectivity index (χ1) is 13.6. The smallest absolute Gasteiger partial charge is 0.228 e. The highest BCUT2D eigenvalue weighted by molar-refractivity contribution is 5.59. The predicted molar refractivity (Wildman–Crippen MR) is 110 cm³/mol. The van der Waals surface area contributed by atoms with Crippen LogP contribution >= 0.6 is 0 Å². The first kappa shape index (κ1) is 21.8. The molecule has 0 aliphatic heterocycles. The summed E-state index contributed by atoms with van der Waals surface area (Å²) in [7, 11) is 1.64. The van der Waals surface area contributed by atoms with Crippen molar-refractivity contribution >= 4 is 11.9 Å². The van der Waals surface area contributed by atoms with Crippen molar-refractivity contribution in [1.29, 1.82) is 0 Å². The Kier molecular flexibility index (Phi) is 9.40. The van der Waals surface area contributed by atoms with E-state index in [1.54, 1.807) is 7.11 Å². The molecule has 9 heteroatoms. The van der Waals surface area contributed by atoms with Crippen molar-refractivity contribution in [2.45, 2.75) is 19.9 Å². The van der Waals surface area contributed by atoms with Crippen LogP contribution in [0.4, 0.5) is 11.9 Å². The standard InChI is InChI=1S/C19H30N6O3/c1-14(2)22-19-24-17(15-4-6-16(26-3)7-5-15)23-18(25-19)21-9-11-28-13-12-27-10-8-20/h4-7,14H,8-13,20H2,1-3H3,(H2,21,22,23,24,25). The molecule has 0 unspecified atom stereocenters. The van der Waals surface area contributed by atoms with Gasteiger partial charge in [0.2, 0.25) is 11.9 Å². The third-order valence-corrected chi connectivity index (χ3v) is 3.57. The SMILES string of the molecule is COc1ccc(-c2nc(NCCOCCOCCN)nc(NC(C)C)n2)cc1. The molecule has 2 rings (SSSR count). The van der Waals surface area contributed by atoms with Crippen LogP contribution in [0.1, 0.15) is 13.8 Å². The van der Waals surface area contributed by atoms with E-state index in [0.29, 0.717) is 57.2 Å². The molecule has 1 aromatic heterocycles. The van der Waals surface area contributed by atoms with E-state index in [1.807, 2.05) is 38.1 Å². The van der Waals surface area contributed by atoms with E-state index in [4.69, 9.17) is 19.9 Å². The van der Waals surface area contributed by atoms with Crippen molar-refractivity contribution in [1.82, 2.24) is 15.0 Å². The highest BCUT2D eigenvalue weighted by Crippen LogP contribution is 2.21. The zero-order valence-electron chi connectivity index (χ0n) is 16.8. The lowest BCUT2D eigenvalue weighted by Crippen LogP contribution is -2.18. The van der Waals surface area contributed by atoms with Gasteiger partial charge in [-0.1, -0.05) is 0 Å². The average molecular weight is 390 g/mol. The molecule has 0 saturated carbocycles. The number of hydrogen-bond acceptors (Lipinski definition) is 9. The highest BCUT2D eigenvalue weighted by atomic mass is 16.5. The van der Waals surface area contributed by atoms with E-state index >= 15 is 0 Å². The molecule has 0 atom stereocenters. The number of methoxy groups -OCH3 is 1. The number of nitrogens with one attached hydrogen (secondary N) is 2. The molecule has 0 aliphatic rings. The normalized spacial score (nSPS) is 10.9. The summed E-state index contributed by atoms with van der Waals surface area (Å²) in [6.07, 6.45) is 0. The largest absolute Gasteiger partial charge is 0.497 e. The Balaban J connectivity index is 1.98. The second-order valence-electron chi connectivity index (χ2n) is 6.27. The summed E-state index contributed by atoms with van der Waals surface area (Å²) in [5.74, 6) is 2.38. The second-order valence-corrected chi connectivity index (χ2v) is 6.27. The first-order valence-electron chi connectivity index (χ1n) is 9.39. The fourth-order valence-electron chi connectivity index (χ4n) is 2.29. The van der Waals surface area contributed by atoms with Crippen LogP contribution in [0.25, 0.3) is 11.4 Å². The van der Waals surface area contributed by atoms with E-state index in [9.17, 15) is 0 Å². The fraction of sp³-hybridized carbons (Fsp3) is 0.526. The molecule has 2 aromatic rings. The van der Waals surface area contributed by atoms with Crippen molar-refractivity contribution in [2.75, 3.05) is 57.3 Å². The van der Waals surface area contributed by atoms with Gasteiger partial charge in [0.15, 0.2) is 5.82 Å². The number of nitrogens with zero attached hydrogens (tertiary/aromatic N) is 3. The van der Waals surface area contributed by atoms with Crippen molar-refractivity contribution in [2.24, 2.45) is 5.73 Å². The Hall–Kier alpha value is -2.49. The van der Waals surface area contributed by atoms with Crippen LogP contribution in [0.5, 0.6) is 5.75 Å². The number of nitrogens with two attached hydrogens (primary N) is 1. The zero-order chi connectivity index (χ0) is 20.2. The summed E-state index contributed by atoms with van der Waals surface area (Å²) >= 11 is 0. The summed E-state index contributed by atoms with van der Waals surface area (Å²) in [5, 5.41) is 6.40. The summed E-state index contributed by atoms with van der Waals surface area (Å²) in [5.41, 5.74) is 6.24. The van der Waals surface area contributed by atoms with Gasteiger partial charge < -0.3 is 30.6 Å². The molecule has 4 N–H and O–H groups in total. The maximum Gasteiger partial charge on any atom is 0.228 e. The number of anilines is 2. The Morgan fingerprint density at radius 3 is 2.25 bits per heavy atom. The van der Waals surface area contributed by atoms with Gasteiger partial charge >= 0.3 is 0 Å². The zero-order valence-corrected chi connectivity index (χ0v) is 16.8. The summed E-state index contributed by atoms with van der Waals surface area (Å²) < 4.78 is 16.0. The van der Waals surface area contributed by atoms with E-state index < -0.39 is 0 Å². The predicted octanol–water partition coefficient (Wildman–Crippen LogP) is 1.77.